The van der Waals surface area contributed by atoms with Crippen molar-refractivity contribution in [2.45, 2.75) is 32.6 Å². The average Bonchev–Trinajstić information content (AvgIpc) is 2.63. The lowest BCUT2D eigenvalue weighted by atomic mass is 10.1. The zero-order valence-electron chi connectivity index (χ0n) is 16.4. The number of nitrogens with zero attached hydrogens (tertiary/aromatic N) is 3. The van der Waals surface area contributed by atoms with Gasteiger partial charge in [0.25, 0.3) is 5.56 Å². The highest BCUT2D eigenvalue weighted by Gasteiger charge is 2.27. The fourth-order valence-electron chi connectivity index (χ4n) is 3.66. The van der Waals surface area contributed by atoms with E-state index in [0.717, 1.165) is 10.1 Å². The molecule has 1 fully saturated rings. The van der Waals surface area contributed by atoms with Crippen LogP contribution >= 0.6 is 0 Å². The summed E-state index contributed by atoms with van der Waals surface area (Å²) < 4.78 is 7.90. The Kier molecular flexibility index (Phi) is 5.81. The molecule has 0 spiro atoms. The molecule has 1 saturated heterocycles. The number of benzene rings is 1. The van der Waals surface area contributed by atoms with Gasteiger partial charge < -0.3 is 10.5 Å². The van der Waals surface area contributed by atoms with Gasteiger partial charge in [0.15, 0.2) is 5.78 Å². The van der Waals surface area contributed by atoms with Gasteiger partial charge in [0.2, 0.25) is 0 Å². The first-order chi connectivity index (χ1) is 13.3. The van der Waals surface area contributed by atoms with Gasteiger partial charge in [0.05, 0.1) is 25.3 Å². The number of rotatable bonds is 5. The topological polar surface area (TPSA) is 99.6 Å². The van der Waals surface area contributed by atoms with Crippen molar-refractivity contribution in [2.24, 2.45) is 7.05 Å². The Hall–Kier alpha value is -2.71. The molecule has 28 heavy (non-hydrogen) atoms. The van der Waals surface area contributed by atoms with Gasteiger partial charge in [-0.1, -0.05) is 30.3 Å². The summed E-state index contributed by atoms with van der Waals surface area (Å²) in [4.78, 5) is 40.1. The van der Waals surface area contributed by atoms with Crippen LogP contribution in [0.4, 0.5) is 5.82 Å². The molecule has 150 valence electrons. The van der Waals surface area contributed by atoms with Crippen LogP contribution in [0.5, 0.6) is 0 Å². The number of nitrogens with two attached hydrogens (primary N) is 1. The summed E-state index contributed by atoms with van der Waals surface area (Å²) in [5, 5.41) is 0. The third-order valence-corrected chi connectivity index (χ3v) is 4.91. The monoisotopic (exact) mass is 386 g/mol. The lowest BCUT2D eigenvalue weighted by molar-refractivity contribution is -0.0652. The molecular weight excluding hydrogens is 360 g/mol. The Balaban J connectivity index is 1.95. The van der Waals surface area contributed by atoms with E-state index in [1.807, 2.05) is 49.1 Å². The van der Waals surface area contributed by atoms with Crippen LogP contribution in [0.15, 0.2) is 39.9 Å². The van der Waals surface area contributed by atoms with Crippen LogP contribution in [0.2, 0.25) is 0 Å². The first kappa shape index (κ1) is 20.0. The molecule has 1 aliphatic rings. The molecule has 2 heterocycles. The van der Waals surface area contributed by atoms with Gasteiger partial charge in [-0.3, -0.25) is 23.6 Å². The van der Waals surface area contributed by atoms with Gasteiger partial charge in [0.1, 0.15) is 11.4 Å². The summed E-state index contributed by atoms with van der Waals surface area (Å²) in [7, 11) is 1.36. The molecule has 2 N–H and O–H groups in total. The Bertz CT molecular complexity index is 970. The molecule has 1 aromatic heterocycles. The standard InChI is InChI=1S/C20H26N4O4/c1-13-9-23(10-14(2)28-13)12-16(25)17-18(21)24(20(27)22(3)19(17)26)11-15-7-5-4-6-8-15/h4-8,13-14H,9-12,21H2,1-3H3/t13-,14+. The van der Waals surface area contributed by atoms with Gasteiger partial charge in [-0.25, -0.2) is 4.79 Å². The Morgan fingerprint density at radius 1 is 1.14 bits per heavy atom. The first-order valence-corrected chi connectivity index (χ1v) is 9.32. The van der Waals surface area contributed by atoms with Crippen molar-refractivity contribution in [3.8, 4) is 0 Å². The predicted octanol–water partition coefficient (Wildman–Crippen LogP) is 0.469. The Morgan fingerprint density at radius 2 is 1.75 bits per heavy atom. The maximum absolute atomic E-state index is 12.9. The second-order valence-electron chi connectivity index (χ2n) is 7.35. The molecule has 1 aromatic carbocycles. The minimum Gasteiger partial charge on any atom is -0.384 e. The zero-order chi connectivity index (χ0) is 20.4. The normalized spacial score (nSPS) is 20.2. The van der Waals surface area contributed by atoms with Crippen molar-refractivity contribution in [1.82, 2.24) is 14.0 Å². The Morgan fingerprint density at radius 3 is 2.36 bits per heavy atom. The third-order valence-electron chi connectivity index (χ3n) is 4.91. The van der Waals surface area contributed by atoms with Crippen LogP contribution in [0.3, 0.4) is 0 Å². The van der Waals surface area contributed by atoms with E-state index in [1.54, 1.807) is 0 Å². The highest BCUT2D eigenvalue weighted by molar-refractivity contribution is 6.01. The molecule has 2 aromatic rings. The molecule has 0 aliphatic carbocycles. The van der Waals surface area contributed by atoms with E-state index in [-0.39, 0.29) is 42.5 Å². The molecule has 1 aliphatic heterocycles. The Labute approximate surface area is 163 Å². The lowest BCUT2D eigenvalue weighted by Gasteiger charge is -2.34. The summed E-state index contributed by atoms with van der Waals surface area (Å²) in [5.74, 6) is -0.475. The first-order valence-electron chi connectivity index (χ1n) is 9.32. The van der Waals surface area contributed by atoms with Crippen LogP contribution in [0, 0.1) is 0 Å². The number of ketones is 1. The molecule has 0 amide bonds. The van der Waals surface area contributed by atoms with Crippen molar-refractivity contribution in [3.05, 3.63) is 62.3 Å². The molecule has 0 bridgehead atoms. The number of carbonyl (C=O) groups excluding carboxylic acids is 1. The SMILES string of the molecule is C[C@@H]1CN(CC(=O)c2c(N)n(Cc3ccccc3)c(=O)n(C)c2=O)C[C@H](C)O1. The molecule has 0 saturated carbocycles. The quantitative estimate of drug-likeness (QED) is 0.750. The molecule has 8 nitrogen and oxygen atoms in total. The number of hydrogen-bond acceptors (Lipinski definition) is 6. The van der Waals surface area contributed by atoms with Crippen molar-refractivity contribution in [3.63, 3.8) is 0 Å². The largest absolute Gasteiger partial charge is 0.384 e. The zero-order valence-corrected chi connectivity index (χ0v) is 16.4. The summed E-state index contributed by atoms with van der Waals surface area (Å²) in [6, 6.07) is 9.29. The number of Topliss-reactive ketones (excluding diaryl/α,β-unsaturated/α-hetero) is 1. The summed E-state index contributed by atoms with van der Waals surface area (Å²) in [6.07, 6.45) is 0.00697. The molecule has 0 radical (unpaired) electrons. The van der Waals surface area contributed by atoms with E-state index in [2.05, 4.69) is 0 Å². The van der Waals surface area contributed by atoms with E-state index in [9.17, 15) is 14.4 Å². The minimum absolute atomic E-state index is 0.00349. The summed E-state index contributed by atoms with van der Waals surface area (Å²) >= 11 is 0. The summed E-state index contributed by atoms with van der Waals surface area (Å²) in [5.41, 5.74) is 5.66. The minimum atomic E-state index is -0.661. The van der Waals surface area contributed by atoms with Crippen molar-refractivity contribution >= 4 is 11.6 Å². The van der Waals surface area contributed by atoms with Crippen molar-refractivity contribution in [1.29, 1.82) is 0 Å². The maximum atomic E-state index is 12.9. The van der Waals surface area contributed by atoms with Crippen LogP contribution in [-0.4, -0.2) is 51.7 Å². The molecular formula is C20H26N4O4. The van der Waals surface area contributed by atoms with E-state index in [4.69, 9.17) is 10.5 Å². The third kappa shape index (κ3) is 4.07. The van der Waals surface area contributed by atoms with Crippen molar-refractivity contribution < 1.29 is 9.53 Å². The highest BCUT2D eigenvalue weighted by Crippen LogP contribution is 2.13. The lowest BCUT2D eigenvalue weighted by Crippen LogP contribution is -2.49. The van der Waals surface area contributed by atoms with Crippen LogP contribution in [0.1, 0.15) is 29.8 Å². The van der Waals surface area contributed by atoms with Crippen molar-refractivity contribution in [2.75, 3.05) is 25.4 Å². The van der Waals surface area contributed by atoms with Gasteiger partial charge in [-0.05, 0) is 19.4 Å². The van der Waals surface area contributed by atoms with E-state index >= 15 is 0 Å². The molecule has 2 atom stereocenters. The van der Waals surface area contributed by atoms with Crippen LogP contribution in [0.25, 0.3) is 0 Å². The van der Waals surface area contributed by atoms with Gasteiger partial charge >= 0.3 is 5.69 Å². The molecule has 3 rings (SSSR count). The number of morpholine rings is 1. The van der Waals surface area contributed by atoms with E-state index in [1.165, 1.54) is 11.6 Å². The number of carbonyl (C=O) groups is 1. The fourth-order valence-corrected chi connectivity index (χ4v) is 3.66. The number of nitrogen functional groups attached to an aromatic ring is 1. The highest BCUT2D eigenvalue weighted by atomic mass is 16.5. The fraction of sp³-hybridized carbons (Fsp3) is 0.450. The second kappa shape index (κ2) is 8.12. The van der Waals surface area contributed by atoms with Crippen LogP contribution < -0.4 is 17.0 Å². The number of hydrogen-bond donors (Lipinski definition) is 1. The average molecular weight is 386 g/mol. The van der Waals surface area contributed by atoms with Gasteiger partial charge in [-0.15, -0.1) is 0 Å². The maximum Gasteiger partial charge on any atom is 0.332 e. The predicted molar refractivity (Wildman–Crippen MR) is 107 cm³/mol. The second-order valence-corrected chi connectivity index (χ2v) is 7.35. The molecule has 8 heteroatoms. The van der Waals surface area contributed by atoms with Gasteiger partial charge in [0, 0.05) is 20.1 Å². The summed E-state index contributed by atoms with van der Waals surface area (Å²) in [6.45, 7) is 5.33. The number of ether oxygens (including phenoxy) is 1. The number of aromatic nitrogens is 2. The van der Waals surface area contributed by atoms with Crippen LogP contribution in [-0.2, 0) is 18.3 Å². The van der Waals surface area contributed by atoms with E-state index in [0.29, 0.717) is 13.1 Å². The van der Waals surface area contributed by atoms with E-state index < -0.39 is 11.2 Å². The smallest absolute Gasteiger partial charge is 0.332 e. The number of anilines is 1. The molecule has 0 unspecified atom stereocenters. The van der Waals surface area contributed by atoms with Gasteiger partial charge in [-0.2, -0.15) is 0 Å².